The maximum atomic E-state index is 13.0. The summed E-state index contributed by atoms with van der Waals surface area (Å²) in [7, 11) is -9.83. The van der Waals surface area contributed by atoms with Gasteiger partial charge in [-0.15, -0.1) is 0 Å². The SMILES string of the molecule is CC/C=C\C/C=C\C/C=C\C/C=C\C/C=C\C/C=C\CCCCCCCCC(=O)OCC(COP(=O)(O)OCC(O)COP(=O)(O)OCC(O)COC(=O)CCCCCCCCCCCCC/C=C\C/C=C\C/C=C\C/C=C\C/C=C\CC)OC(=O)CCC/C=C\C/C=C\C/C=C\C/C=C\C/C=C\CC. The number of esters is 3. The van der Waals surface area contributed by atoms with Crippen LogP contribution in [0.3, 0.4) is 0 Å². The van der Waals surface area contributed by atoms with E-state index >= 15 is 0 Å². The quantitative estimate of drug-likeness (QED) is 0.0146. The number of aliphatic hydroxyl groups excluding tert-OH is 2. The number of hydrogen-bond acceptors (Lipinski definition) is 14. The molecule has 0 rings (SSSR count). The Balaban J connectivity index is 4.68. The molecule has 0 saturated carbocycles. The summed E-state index contributed by atoms with van der Waals surface area (Å²) < 4.78 is 61.1. The van der Waals surface area contributed by atoms with Crippen molar-refractivity contribution in [3.8, 4) is 0 Å². The zero-order valence-corrected chi connectivity index (χ0v) is 66.6. The summed E-state index contributed by atoms with van der Waals surface area (Å²) in [6.45, 7) is 2.23. The molecule has 0 bridgehead atoms. The third-order valence-electron chi connectivity index (χ3n) is 15.8. The molecule has 0 aromatic rings. The first-order valence-electron chi connectivity index (χ1n) is 39.7. The molecule has 0 aliphatic heterocycles. The highest BCUT2D eigenvalue weighted by Gasteiger charge is 2.29. The lowest BCUT2D eigenvalue weighted by atomic mass is 10.0. The van der Waals surface area contributed by atoms with Crippen LogP contribution in [0.1, 0.15) is 278 Å². The molecule has 0 aliphatic rings. The number of ether oxygens (including phenoxy) is 3. The second-order valence-corrected chi connectivity index (χ2v) is 28.6. The molecular weight excluding hydrogens is 1360 g/mol. The van der Waals surface area contributed by atoms with Gasteiger partial charge in [0.05, 0.1) is 26.4 Å². The number of rotatable bonds is 73. The summed E-state index contributed by atoms with van der Waals surface area (Å²) in [4.78, 5) is 58.7. The monoisotopic (exact) mass is 1500 g/mol. The van der Waals surface area contributed by atoms with E-state index in [2.05, 4.69) is 203 Å². The van der Waals surface area contributed by atoms with Gasteiger partial charge in [-0.1, -0.05) is 299 Å². The number of hydrogen-bond donors (Lipinski definition) is 4. The van der Waals surface area contributed by atoms with Gasteiger partial charge < -0.3 is 34.2 Å². The minimum atomic E-state index is -4.96. The molecular formula is C87H140O16P2. The number of allylic oxidation sites excluding steroid dienone is 32. The maximum Gasteiger partial charge on any atom is 0.472 e. The Bertz CT molecular complexity index is 2690. The van der Waals surface area contributed by atoms with Gasteiger partial charge in [-0.25, -0.2) is 9.13 Å². The Morgan fingerprint density at radius 2 is 0.486 bits per heavy atom. The first-order valence-corrected chi connectivity index (χ1v) is 42.7. The molecule has 0 heterocycles. The minimum absolute atomic E-state index is 0.0148. The fraction of sp³-hybridized carbons (Fsp3) is 0.598. The second-order valence-electron chi connectivity index (χ2n) is 25.7. The highest BCUT2D eigenvalue weighted by atomic mass is 31.2. The van der Waals surface area contributed by atoms with Crippen LogP contribution in [0.25, 0.3) is 0 Å². The molecule has 0 aromatic carbocycles. The predicted molar refractivity (Wildman–Crippen MR) is 435 cm³/mol. The molecule has 105 heavy (non-hydrogen) atoms. The first-order chi connectivity index (χ1) is 51.2. The van der Waals surface area contributed by atoms with Crippen molar-refractivity contribution < 1.29 is 75.8 Å². The molecule has 0 saturated heterocycles. The molecule has 5 atom stereocenters. The van der Waals surface area contributed by atoms with Crippen LogP contribution in [0, 0.1) is 0 Å². The van der Waals surface area contributed by atoms with Crippen molar-refractivity contribution in [2.45, 2.75) is 296 Å². The van der Waals surface area contributed by atoms with Crippen LogP contribution >= 0.6 is 15.6 Å². The topological polar surface area (TPSA) is 231 Å². The van der Waals surface area contributed by atoms with E-state index in [0.717, 1.165) is 173 Å². The van der Waals surface area contributed by atoms with Crippen LogP contribution in [-0.2, 0) is 55.8 Å². The van der Waals surface area contributed by atoms with E-state index in [9.17, 15) is 43.5 Å². The van der Waals surface area contributed by atoms with Gasteiger partial charge in [-0.2, -0.15) is 0 Å². The van der Waals surface area contributed by atoms with Crippen LogP contribution in [0.2, 0.25) is 0 Å². The fourth-order valence-electron chi connectivity index (χ4n) is 9.87. The lowest BCUT2D eigenvalue weighted by Crippen LogP contribution is -2.30. The molecule has 16 nitrogen and oxygen atoms in total. The van der Waals surface area contributed by atoms with E-state index in [4.69, 9.17) is 32.3 Å². The summed E-state index contributed by atoms with van der Waals surface area (Å²) >= 11 is 0. The van der Waals surface area contributed by atoms with E-state index in [-0.39, 0.29) is 19.3 Å². The number of unbranched alkanes of at least 4 members (excludes halogenated alkanes) is 18. The number of aliphatic hydroxyl groups is 2. The highest BCUT2D eigenvalue weighted by molar-refractivity contribution is 7.47. The molecule has 18 heteroatoms. The van der Waals surface area contributed by atoms with Crippen LogP contribution in [0.15, 0.2) is 194 Å². The van der Waals surface area contributed by atoms with Gasteiger partial charge in [0.25, 0.3) is 0 Å². The number of phosphoric ester groups is 2. The largest absolute Gasteiger partial charge is 0.472 e. The van der Waals surface area contributed by atoms with E-state index < -0.39 is 91.5 Å². The van der Waals surface area contributed by atoms with Gasteiger partial charge in [0.1, 0.15) is 25.4 Å². The average Bonchev–Trinajstić information content (AvgIpc) is 0.919. The Hall–Kier alpha value is -5.61. The van der Waals surface area contributed by atoms with Crippen molar-refractivity contribution in [2.75, 3.05) is 39.6 Å². The van der Waals surface area contributed by atoms with Crippen LogP contribution in [0.5, 0.6) is 0 Å². The molecule has 594 valence electrons. The van der Waals surface area contributed by atoms with Crippen molar-refractivity contribution in [2.24, 2.45) is 0 Å². The average molecular weight is 1500 g/mol. The van der Waals surface area contributed by atoms with Gasteiger partial charge in [0, 0.05) is 19.3 Å². The van der Waals surface area contributed by atoms with E-state index in [1.54, 1.807) is 0 Å². The summed E-state index contributed by atoms with van der Waals surface area (Å²) in [6, 6.07) is 0. The van der Waals surface area contributed by atoms with Gasteiger partial charge in [-0.05, 0) is 154 Å². The zero-order valence-electron chi connectivity index (χ0n) is 64.8. The third kappa shape index (κ3) is 79.3. The summed E-state index contributed by atoms with van der Waals surface area (Å²) in [5, 5.41) is 20.6. The van der Waals surface area contributed by atoms with Crippen molar-refractivity contribution >= 4 is 33.6 Å². The van der Waals surface area contributed by atoms with Gasteiger partial charge in [0.2, 0.25) is 0 Å². The summed E-state index contributed by atoms with van der Waals surface area (Å²) in [6.07, 6.45) is 102. The Kier molecular flexibility index (Phi) is 73.8. The van der Waals surface area contributed by atoms with Crippen LogP contribution in [0.4, 0.5) is 0 Å². The molecule has 0 amide bonds. The standard InChI is InChI=1S/C87H140O16P2/c1-4-7-10-13-16-19-22-25-28-31-33-35-37-39-40-42-44-45-47-50-52-55-58-61-64-67-70-73-85(90)97-76-82(88)77-99-104(93,94)100-78-83(89)79-101-105(95,96)102-81-84(103-87(92)75-72-69-66-63-60-57-54-49-30-27-24-21-18-15-12-9-6-3)80-98-86(91)74-71-68-65-62-59-56-53-51-48-46-43-41-38-36-34-32-29-26-23-20-17-14-11-8-5-2/h7-12,16-21,25-30,33-36,39-41,43,48,51,54,57,63,66,82-84,88-89H,4-6,13-15,22-24,31-32,37-38,42,44-47,49-50,52-53,55-56,58-62,64-65,67-81H2,1-3H3,(H,93,94)(H,95,96)/b10-7-,11-8-,12-9-,19-16-,20-17-,21-18-,28-25-,29-26-,30-27-,35-33-,36-34-,40-39-,43-41-,51-48-,57-54-,66-63-. The third-order valence-corrected chi connectivity index (χ3v) is 17.7. The van der Waals surface area contributed by atoms with Crippen molar-refractivity contribution in [1.29, 1.82) is 0 Å². The summed E-state index contributed by atoms with van der Waals surface area (Å²) in [5.74, 6) is -1.68. The summed E-state index contributed by atoms with van der Waals surface area (Å²) in [5.41, 5.74) is 0. The van der Waals surface area contributed by atoms with E-state index in [0.29, 0.717) is 25.7 Å². The van der Waals surface area contributed by atoms with Gasteiger partial charge in [0.15, 0.2) is 6.10 Å². The minimum Gasteiger partial charge on any atom is -0.463 e. The molecule has 4 N–H and O–H groups in total. The maximum absolute atomic E-state index is 13.0. The van der Waals surface area contributed by atoms with Crippen LogP contribution in [-0.4, -0.2) is 95.9 Å². The highest BCUT2D eigenvalue weighted by Crippen LogP contribution is 2.45. The van der Waals surface area contributed by atoms with Crippen LogP contribution < -0.4 is 0 Å². The van der Waals surface area contributed by atoms with Gasteiger partial charge in [-0.3, -0.25) is 32.5 Å². The fourth-order valence-corrected chi connectivity index (χ4v) is 11.5. The lowest BCUT2D eigenvalue weighted by Gasteiger charge is -2.21. The van der Waals surface area contributed by atoms with Crippen molar-refractivity contribution in [3.05, 3.63) is 194 Å². The molecule has 0 radical (unpaired) electrons. The Labute approximate surface area is 636 Å². The Morgan fingerprint density at radius 3 is 0.781 bits per heavy atom. The normalized spacial score (nSPS) is 15.0. The number of phosphoric acid groups is 2. The van der Waals surface area contributed by atoms with E-state index in [1.807, 2.05) is 12.2 Å². The molecule has 5 unspecified atom stereocenters. The van der Waals surface area contributed by atoms with Crippen molar-refractivity contribution in [3.63, 3.8) is 0 Å². The lowest BCUT2D eigenvalue weighted by molar-refractivity contribution is -0.161. The smallest absolute Gasteiger partial charge is 0.463 e. The first kappa shape index (κ1) is 99.4. The number of carbonyl (C=O) groups is 3. The molecule has 0 aromatic heterocycles. The van der Waals surface area contributed by atoms with Gasteiger partial charge >= 0.3 is 33.6 Å². The zero-order chi connectivity index (χ0) is 76.6. The Morgan fingerprint density at radius 1 is 0.267 bits per heavy atom. The molecule has 0 aliphatic carbocycles. The predicted octanol–water partition coefficient (Wildman–Crippen LogP) is 23.5. The number of carbonyl (C=O) groups excluding carboxylic acids is 3. The second kappa shape index (κ2) is 78.0. The molecule has 0 spiro atoms. The van der Waals surface area contributed by atoms with Crippen molar-refractivity contribution in [1.82, 2.24) is 0 Å². The van der Waals surface area contributed by atoms with E-state index in [1.165, 1.54) is 38.5 Å². The molecule has 0 fully saturated rings.